The molecule has 0 fully saturated rings. The van der Waals surface area contributed by atoms with Crippen molar-refractivity contribution in [3.63, 3.8) is 0 Å². The van der Waals surface area contributed by atoms with Gasteiger partial charge in [-0.25, -0.2) is 4.98 Å². The van der Waals surface area contributed by atoms with Crippen molar-refractivity contribution in [1.29, 1.82) is 0 Å². The Hall–Kier alpha value is -2.48. The van der Waals surface area contributed by atoms with Gasteiger partial charge >= 0.3 is 0 Å². The van der Waals surface area contributed by atoms with E-state index in [2.05, 4.69) is 41.9 Å². The summed E-state index contributed by atoms with van der Waals surface area (Å²) in [5, 5.41) is 5.49. The molecule has 0 saturated heterocycles. The summed E-state index contributed by atoms with van der Waals surface area (Å²) < 4.78 is 8.94. The molecule has 1 heterocycles. The van der Waals surface area contributed by atoms with Gasteiger partial charge in [-0.2, -0.15) is 9.78 Å². The molecule has 0 radical (unpaired) electrons. The molecule has 168 valence electrons. The molecule has 3 aromatic carbocycles. The third-order valence-corrected chi connectivity index (χ3v) is 6.35. The summed E-state index contributed by atoms with van der Waals surface area (Å²) in [5.41, 5.74) is 3.27. The summed E-state index contributed by atoms with van der Waals surface area (Å²) in [4.78, 5) is 17.8. The van der Waals surface area contributed by atoms with E-state index >= 15 is 0 Å². The quantitative estimate of drug-likeness (QED) is 0.230. The van der Waals surface area contributed by atoms with Gasteiger partial charge < -0.3 is 4.74 Å². The van der Waals surface area contributed by atoms with Crippen LogP contribution in [0.1, 0.15) is 29.4 Å². The smallest absolute Gasteiger partial charge is 0.282 e. The van der Waals surface area contributed by atoms with E-state index in [1.807, 2.05) is 50.2 Å². The number of aryl methyl sites for hydroxylation is 2. The third kappa shape index (κ3) is 5.37. The fraction of sp³-hybridized carbons (Fsp3) is 0.160. The molecule has 8 heteroatoms. The Morgan fingerprint density at radius 2 is 1.88 bits per heavy atom. The lowest BCUT2D eigenvalue weighted by Crippen LogP contribution is -2.22. The van der Waals surface area contributed by atoms with Crippen molar-refractivity contribution in [1.82, 2.24) is 9.66 Å². The minimum atomic E-state index is -0.238. The molecule has 4 rings (SSSR count). The highest BCUT2D eigenvalue weighted by Crippen LogP contribution is 2.32. The number of ether oxygens (including phenoxy) is 1. The maximum absolute atomic E-state index is 13.2. The molecule has 0 aliphatic rings. The molecule has 0 N–H and O–H groups in total. The number of benzene rings is 3. The van der Waals surface area contributed by atoms with Crippen molar-refractivity contribution < 1.29 is 4.74 Å². The van der Waals surface area contributed by atoms with E-state index in [0.29, 0.717) is 50.6 Å². The SMILES string of the molecule is CCc1nc2ccc(Br)cc2c(=O)n1N=Cc1cc(Cl)cc(Br)c1OCc1ccc(C)cc1. The first-order valence-corrected chi connectivity index (χ1v) is 12.2. The Balaban J connectivity index is 1.73. The zero-order chi connectivity index (χ0) is 23.5. The van der Waals surface area contributed by atoms with Gasteiger partial charge in [-0.3, -0.25) is 4.79 Å². The number of rotatable bonds is 6. The van der Waals surface area contributed by atoms with Gasteiger partial charge in [-0.1, -0.05) is 64.3 Å². The second-order valence-corrected chi connectivity index (χ2v) is 9.69. The highest BCUT2D eigenvalue weighted by Gasteiger charge is 2.12. The van der Waals surface area contributed by atoms with E-state index in [-0.39, 0.29) is 5.56 Å². The fourth-order valence-electron chi connectivity index (χ4n) is 3.33. The van der Waals surface area contributed by atoms with Gasteiger partial charge in [-0.15, -0.1) is 0 Å². The fourth-order valence-corrected chi connectivity index (χ4v) is 4.64. The Morgan fingerprint density at radius 3 is 2.61 bits per heavy atom. The zero-order valence-electron chi connectivity index (χ0n) is 18.0. The van der Waals surface area contributed by atoms with Crippen LogP contribution in [-0.2, 0) is 13.0 Å². The number of fused-ring (bicyclic) bond motifs is 1. The number of aromatic nitrogens is 2. The van der Waals surface area contributed by atoms with Crippen LogP contribution in [0.5, 0.6) is 5.75 Å². The monoisotopic (exact) mass is 587 g/mol. The van der Waals surface area contributed by atoms with Gasteiger partial charge in [-0.05, 0) is 58.7 Å². The average molecular weight is 590 g/mol. The second-order valence-electron chi connectivity index (χ2n) is 7.48. The minimum Gasteiger partial charge on any atom is -0.487 e. The third-order valence-electron chi connectivity index (χ3n) is 5.04. The van der Waals surface area contributed by atoms with Crippen LogP contribution in [0.2, 0.25) is 5.02 Å². The topological polar surface area (TPSA) is 56.5 Å². The minimum absolute atomic E-state index is 0.238. The maximum atomic E-state index is 13.2. The Labute approximate surface area is 213 Å². The Bertz CT molecular complexity index is 1420. The molecule has 0 amide bonds. The summed E-state index contributed by atoms with van der Waals surface area (Å²) in [5.74, 6) is 1.15. The average Bonchev–Trinajstić information content (AvgIpc) is 2.79. The van der Waals surface area contributed by atoms with Gasteiger partial charge in [0.25, 0.3) is 5.56 Å². The van der Waals surface area contributed by atoms with Crippen LogP contribution >= 0.6 is 43.5 Å². The second kappa shape index (κ2) is 10.2. The molecule has 4 aromatic rings. The van der Waals surface area contributed by atoms with E-state index in [4.69, 9.17) is 16.3 Å². The zero-order valence-corrected chi connectivity index (χ0v) is 21.9. The molecule has 5 nitrogen and oxygen atoms in total. The highest BCUT2D eigenvalue weighted by atomic mass is 79.9. The summed E-state index contributed by atoms with van der Waals surface area (Å²) >= 11 is 13.2. The standard InChI is InChI=1S/C25H20Br2ClN3O2/c1-3-23-30-22-9-8-18(26)11-20(22)25(32)31(23)29-13-17-10-19(28)12-21(27)24(17)33-14-16-6-4-15(2)5-7-16/h4-13H,3,14H2,1-2H3. The molecule has 33 heavy (non-hydrogen) atoms. The van der Waals surface area contributed by atoms with Crippen LogP contribution in [0.15, 0.2) is 73.4 Å². The highest BCUT2D eigenvalue weighted by molar-refractivity contribution is 9.10. The first kappa shape index (κ1) is 23.7. The summed E-state index contributed by atoms with van der Waals surface area (Å²) in [6, 6.07) is 17.1. The van der Waals surface area contributed by atoms with Gasteiger partial charge in [0.1, 0.15) is 18.2 Å². The number of nitrogens with zero attached hydrogens (tertiary/aromatic N) is 3. The van der Waals surface area contributed by atoms with Crippen molar-refractivity contribution in [2.75, 3.05) is 0 Å². The van der Waals surface area contributed by atoms with Crippen molar-refractivity contribution in [3.8, 4) is 5.75 Å². The molecule has 0 spiro atoms. The normalized spacial score (nSPS) is 11.4. The number of halogens is 3. The van der Waals surface area contributed by atoms with E-state index < -0.39 is 0 Å². The summed E-state index contributed by atoms with van der Waals surface area (Å²) in [6.07, 6.45) is 2.13. The van der Waals surface area contributed by atoms with Crippen LogP contribution in [0.25, 0.3) is 10.9 Å². The maximum Gasteiger partial charge on any atom is 0.282 e. The van der Waals surface area contributed by atoms with E-state index in [0.717, 1.165) is 10.0 Å². The lowest BCUT2D eigenvalue weighted by Gasteiger charge is -2.13. The predicted octanol–water partition coefficient (Wildman–Crippen LogP) is 6.91. The van der Waals surface area contributed by atoms with Crippen molar-refractivity contribution >= 4 is 60.6 Å². The number of hydrogen-bond donors (Lipinski definition) is 0. The van der Waals surface area contributed by atoms with Crippen LogP contribution in [0.4, 0.5) is 0 Å². The van der Waals surface area contributed by atoms with Crippen LogP contribution < -0.4 is 10.3 Å². The molecule has 0 aliphatic heterocycles. The van der Waals surface area contributed by atoms with Gasteiger partial charge in [0.2, 0.25) is 0 Å². The van der Waals surface area contributed by atoms with Crippen LogP contribution in [0.3, 0.4) is 0 Å². The Morgan fingerprint density at radius 1 is 1.12 bits per heavy atom. The van der Waals surface area contributed by atoms with Gasteiger partial charge in [0.15, 0.2) is 0 Å². The predicted molar refractivity (Wildman–Crippen MR) is 141 cm³/mol. The van der Waals surface area contributed by atoms with Crippen LogP contribution in [-0.4, -0.2) is 15.9 Å². The van der Waals surface area contributed by atoms with Crippen molar-refractivity contribution in [2.45, 2.75) is 26.9 Å². The molecule has 0 atom stereocenters. The lowest BCUT2D eigenvalue weighted by atomic mass is 10.1. The van der Waals surface area contributed by atoms with Crippen LogP contribution in [0, 0.1) is 6.92 Å². The Kier molecular flexibility index (Phi) is 7.32. The molecular formula is C25H20Br2ClN3O2. The van der Waals surface area contributed by atoms with Crippen molar-refractivity contribution in [2.24, 2.45) is 5.10 Å². The lowest BCUT2D eigenvalue weighted by molar-refractivity contribution is 0.304. The molecule has 0 aliphatic carbocycles. The van der Waals surface area contributed by atoms with Crippen molar-refractivity contribution in [3.05, 3.63) is 101 Å². The first-order valence-electron chi connectivity index (χ1n) is 10.3. The summed E-state index contributed by atoms with van der Waals surface area (Å²) in [6.45, 7) is 4.36. The van der Waals surface area contributed by atoms with E-state index in [1.54, 1.807) is 24.4 Å². The number of hydrogen-bond acceptors (Lipinski definition) is 4. The molecule has 1 aromatic heterocycles. The first-order chi connectivity index (χ1) is 15.9. The molecular weight excluding hydrogens is 570 g/mol. The van der Waals surface area contributed by atoms with E-state index in [9.17, 15) is 4.79 Å². The molecule has 0 saturated carbocycles. The molecule has 0 unspecified atom stereocenters. The molecule has 0 bridgehead atoms. The van der Waals surface area contributed by atoms with Gasteiger partial charge in [0.05, 0.1) is 21.6 Å². The largest absolute Gasteiger partial charge is 0.487 e. The summed E-state index contributed by atoms with van der Waals surface area (Å²) in [7, 11) is 0. The van der Waals surface area contributed by atoms with Gasteiger partial charge in [0, 0.05) is 21.5 Å². The van der Waals surface area contributed by atoms with E-state index in [1.165, 1.54) is 10.2 Å².